The normalized spacial score (nSPS) is 26.4. The van der Waals surface area contributed by atoms with Crippen molar-refractivity contribution in [1.29, 1.82) is 0 Å². The molecule has 2 fully saturated rings. The summed E-state index contributed by atoms with van der Waals surface area (Å²) in [5.74, 6) is 0.538. The number of aromatic nitrogens is 2. The highest BCUT2D eigenvalue weighted by molar-refractivity contribution is 5.16. The van der Waals surface area contributed by atoms with Crippen LogP contribution in [-0.2, 0) is 17.7 Å². The van der Waals surface area contributed by atoms with Crippen molar-refractivity contribution < 1.29 is 4.74 Å². The minimum atomic E-state index is 0.101. The smallest absolute Gasteiger partial charge is 0.0686 e. The summed E-state index contributed by atoms with van der Waals surface area (Å²) in [4.78, 5) is 0. The third-order valence-corrected chi connectivity index (χ3v) is 5.17. The molecular weight excluding hydrogens is 250 g/mol. The zero-order chi connectivity index (χ0) is 14.2. The van der Waals surface area contributed by atoms with Crippen molar-refractivity contribution in [3.8, 4) is 0 Å². The average molecular weight is 277 g/mol. The number of nitrogens with zero attached hydrogens (tertiary/aromatic N) is 2. The lowest BCUT2D eigenvalue weighted by Gasteiger charge is -2.48. The fourth-order valence-electron chi connectivity index (χ4n) is 3.71. The van der Waals surface area contributed by atoms with E-state index in [1.54, 1.807) is 0 Å². The number of ether oxygens (including phenoxy) is 1. The highest BCUT2D eigenvalue weighted by Crippen LogP contribution is 2.46. The summed E-state index contributed by atoms with van der Waals surface area (Å²) in [5.41, 5.74) is 9.14. The zero-order valence-corrected chi connectivity index (χ0v) is 12.8. The molecule has 2 unspecified atom stereocenters. The van der Waals surface area contributed by atoms with Crippen LogP contribution in [0, 0.1) is 5.92 Å². The van der Waals surface area contributed by atoms with Gasteiger partial charge in [-0.15, -0.1) is 0 Å². The maximum absolute atomic E-state index is 6.60. The molecule has 2 heterocycles. The Labute approximate surface area is 121 Å². The zero-order valence-electron chi connectivity index (χ0n) is 12.8. The van der Waals surface area contributed by atoms with Crippen LogP contribution in [0.3, 0.4) is 0 Å². The Hall–Kier alpha value is -0.870. The van der Waals surface area contributed by atoms with Gasteiger partial charge in [-0.05, 0) is 57.4 Å². The molecule has 0 amide bonds. The molecule has 4 nitrogen and oxygen atoms in total. The lowest BCUT2D eigenvalue weighted by molar-refractivity contribution is -0.146. The van der Waals surface area contributed by atoms with Gasteiger partial charge in [-0.25, -0.2) is 0 Å². The SMILES string of the molecule is CCc1cc(C(N)C2CCOC3(CCC3)C2)n(CC)n1. The predicted octanol–water partition coefficient (Wildman–Crippen LogP) is 2.81. The summed E-state index contributed by atoms with van der Waals surface area (Å²) < 4.78 is 8.11. The quantitative estimate of drug-likeness (QED) is 0.920. The van der Waals surface area contributed by atoms with Crippen molar-refractivity contribution in [2.75, 3.05) is 6.61 Å². The molecule has 1 aromatic heterocycles. The Morgan fingerprint density at radius 1 is 1.50 bits per heavy atom. The maximum atomic E-state index is 6.60. The minimum absolute atomic E-state index is 0.101. The summed E-state index contributed by atoms with van der Waals surface area (Å²) in [6.45, 7) is 6.06. The van der Waals surface area contributed by atoms with Crippen LogP contribution < -0.4 is 5.73 Å². The molecule has 2 atom stereocenters. The molecule has 1 aromatic rings. The van der Waals surface area contributed by atoms with Crippen molar-refractivity contribution in [3.05, 3.63) is 17.5 Å². The van der Waals surface area contributed by atoms with Crippen LogP contribution >= 0.6 is 0 Å². The van der Waals surface area contributed by atoms with Crippen molar-refractivity contribution >= 4 is 0 Å². The fourth-order valence-corrected chi connectivity index (χ4v) is 3.71. The molecule has 3 rings (SSSR count). The van der Waals surface area contributed by atoms with E-state index in [-0.39, 0.29) is 11.6 Å². The highest BCUT2D eigenvalue weighted by atomic mass is 16.5. The number of rotatable bonds is 4. The lowest BCUT2D eigenvalue weighted by atomic mass is 9.70. The standard InChI is InChI=1S/C16H27N3O/c1-3-13-10-14(19(4-2)18-13)15(17)12-6-9-20-16(11-12)7-5-8-16/h10,12,15H,3-9,11,17H2,1-2H3. The Balaban J connectivity index is 1.77. The van der Waals surface area contributed by atoms with Crippen molar-refractivity contribution in [3.63, 3.8) is 0 Å². The van der Waals surface area contributed by atoms with E-state index < -0.39 is 0 Å². The summed E-state index contributed by atoms with van der Waals surface area (Å²) in [7, 11) is 0. The van der Waals surface area contributed by atoms with Gasteiger partial charge in [0.1, 0.15) is 0 Å². The van der Waals surface area contributed by atoms with Gasteiger partial charge in [0, 0.05) is 19.2 Å². The molecule has 1 spiro atoms. The molecule has 2 aliphatic rings. The number of nitrogens with two attached hydrogens (primary N) is 1. The largest absolute Gasteiger partial charge is 0.375 e. The Bertz CT molecular complexity index is 464. The molecule has 1 saturated carbocycles. The molecule has 4 heteroatoms. The van der Waals surface area contributed by atoms with Crippen LogP contribution in [0.1, 0.15) is 63.4 Å². The van der Waals surface area contributed by atoms with Gasteiger partial charge in [0.15, 0.2) is 0 Å². The second-order valence-electron chi connectivity index (χ2n) is 6.39. The van der Waals surface area contributed by atoms with E-state index in [1.165, 1.54) is 25.0 Å². The van der Waals surface area contributed by atoms with E-state index in [4.69, 9.17) is 10.5 Å². The Kier molecular flexibility index (Phi) is 3.87. The first kappa shape index (κ1) is 14.1. The topological polar surface area (TPSA) is 53.1 Å². The monoisotopic (exact) mass is 277 g/mol. The Morgan fingerprint density at radius 3 is 2.90 bits per heavy atom. The van der Waals surface area contributed by atoms with Crippen LogP contribution in [-0.4, -0.2) is 22.0 Å². The average Bonchev–Trinajstić information content (AvgIpc) is 2.88. The third kappa shape index (κ3) is 2.40. The number of hydrogen-bond acceptors (Lipinski definition) is 3. The number of hydrogen-bond donors (Lipinski definition) is 1. The second kappa shape index (κ2) is 5.49. The molecule has 0 bridgehead atoms. The van der Waals surface area contributed by atoms with E-state index in [0.717, 1.165) is 38.1 Å². The van der Waals surface area contributed by atoms with Gasteiger partial charge in [0.25, 0.3) is 0 Å². The van der Waals surface area contributed by atoms with Crippen LogP contribution in [0.25, 0.3) is 0 Å². The maximum Gasteiger partial charge on any atom is 0.0686 e. The van der Waals surface area contributed by atoms with E-state index >= 15 is 0 Å². The van der Waals surface area contributed by atoms with Gasteiger partial charge in [0.2, 0.25) is 0 Å². The van der Waals surface area contributed by atoms with Crippen molar-refractivity contribution in [2.45, 2.75) is 70.6 Å². The summed E-state index contributed by atoms with van der Waals surface area (Å²) in [5, 5.41) is 4.64. The predicted molar refractivity (Wildman–Crippen MR) is 79.5 cm³/mol. The minimum Gasteiger partial charge on any atom is -0.375 e. The summed E-state index contributed by atoms with van der Waals surface area (Å²) in [6, 6.07) is 2.31. The molecule has 112 valence electrons. The third-order valence-electron chi connectivity index (χ3n) is 5.17. The molecule has 20 heavy (non-hydrogen) atoms. The first-order valence-corrected chi connectivity index (χ1v) is 8.13. The van der Waals surface area contributed by atoms with Crippen molar-refractivity contribution in [2.24, 2.45) is 11.7 Å². The number of aryl methyl sites for hydroxylation is 2. The Morgan fingerprint density at radius 2 is 2.30 bits per heavy atom. The first-order valence-electron chi connectivity index (χ1n) is 8.13. The van der Waals surface area contributed by atoms with E-state index in [1.807, 2.05) is 0 Å². The summed E-state index contributed by atoms with van der Waals surface area (Å²) >= 11 is 0. The van der Waals surface area contributed by atoms with E-state index in [9.17, 15) is 0 Å². The molecule has 0 radical (unpaired) electrons. The van der Waals surface area contributed by atoms with Crippen LogP contribution in [0.15, 0.2) is 6.07 Å². The fraction of sp³-hybridized carbons (Fsp3) is 0.812. The van der Waals surface area contributed by atoms with Crippen LogP contribution in [0.5, 0.6) is 0 Å². The molecule has 0 aromatic carbocycles. The van der Waals surface area contributed by atoms with Gasteiger partial charge in [-0.1, -0.05) is 6.92 Å². The highest BCUT2D eigenvalue weighted by Gasteiger charge is 2.44. The van der Waals surface area contributed by atoms with Gasteiger partial charge in [0.05, 0.1) is 17.0 Å². The molecular formula is C16H27N3O. The van der Waals surface area contributed by atoms with Crippen LogP contribution in [0.2, 0.25) is 0 Å². The van der Waals surface area contributed by atoms with Crippen molar-refractivity contribution in [1.82, 2.24) is 9.78 Å². The lowest BCUT2D eigenvalue weighted by Crippen LogP contribution is -2.47. The first-order chi connectivity index (χ1) is 9.67. The second-order valence-corrected chi connectivity index (χ2v) is 6.39. The van der Waals surface area contributed by atoms with Gasteiger partial charge < -0.3 is 10.5 Å². The molecule has 2 N–H and O–H groups in total. The van der Waals surface area contributed by atoms with E-state index in [0.29, 0.717) is 5.92 Å². The van der Waals surface area contributed by atoms with Gasteiger partial charge in [-0.3, -0.25) is 4.68 Å². The molecule has 1 aliphatic carbocycles. The van der Waals surface area contributed by atoms with Crippen LogP contribution in [0.4, 0.5) is 0 Å². The molecule has 1 aliphatic heterocycles. The summed E-state index contributed by atoms with van der Waals surface area (Å²) in [6.07, 6.45) is 6.95. The molecule has 1 saturated heterocycles. The van der Waals surface area contributed by atoms with Gasteiger partial charge in [-0.2, -0.15) is 5.10 Å². The van der Waals surface area contributed by atoms with Gasteiger partial charge >= 0.3 is 0 Å². The van der Waals surface area contributed by atoms with E-state index in [2.05, 4.69) is 29.7 Å².